The summed E-state index contributed by atoms with van der Waals surface area (Å²) in [5.74, 6) is 0. The van der Waals surface area contributed by atoms with Crippen LogP contribution in [0.25, 0.3) is 17.3 Å². The van der Waals surface area contributed by atoms with Crippen molar-refractivity contribution in [1.29, 1.82) is 0 Å². The first-order valence-corrected chi connectivity index (χ1v) is 5.11. The van der Waals surface area contributed by atoms with Crippen LogP contribution in [0.2, 0.25) is 0 Å². The predicted molar refractivity (Wildman–Crippen MR) is 68.9 cm³/mol. The number of hydrogen-bond donors (Lipinski definition) is 0. The summed E-state index contributed by atoms with van der Waals surface area (Å²) in [7, 11) is 1.95. The molecule has 18 heavy (non-hydrogen) atoms. The quantitative estimate of drug-likeness (QED) is 0.469. The second-order valence-corrected chi connectivity index (χ2v) is 3.71. The molecular weight excluding hydrogens is 296 g/mol. The Labute approximate surface area is 136 Å². The fraction of sp³-hybridized carbons (Fsp3) is 0.143. The van der Waals surface area contributed by atoms with Crippen LogP contribution in [-0.2, 0) is 39.8 Å². The zero-order valence-electron chi connectivity index (χ0n) is 10.6. The number of benzene rings is 1. The van der Waals surface area contributed by atoms with Gasteiger partial charge in [-0.1, -0.05) is 29.8 Å². The zero-order valence-corrected chi connectivity index (χ0v) is 13.4. The zero-order chi connectivity index (χ0) is 11.5. The molecule has 0 bridgehead atoms. The van der Waals surface area contributed by atoms with Gasteiger partial charge < -0.3 is 17.2 Å². The fourth-order valence-corrected chi connectivity index (χ4v) is 1.78. The second kappa shape index (κ2) is 7.60. The topological polar surface area (TPSA) is 16.8 Å². The molecule has 2 aromatic rings. The molecule has 0 aliphatic heterocycles. The monoisotopic (exact) mass is 309 g/mol. The van der Waals surface area contributed by atoms with Crippen LogP contribution >= 0.6 is 0 Å². The van der Waals surface area contributed by atoms with Crippen molar-refractivity contribution in [3.63, 3.8) is 0 Å². The average molecular weight is 309 g/mol. The van der Waals surface area contributed by atoms with Gasteiger partial charge in [-0.25, -0.2) is 5.56 Å². The van der Waals surface area contributed by atoms with E-state index in [1.807, 2.05) is 23.7 Å². The molecule has 1 aromatic carbocycles. The van der Waals surface area contributed by atoms with E-state index in [0.717, 1.165) is 16.8 Å². The molecule has 86 valence electrons. The molecule has 2 nitrogen and oxygen atoms in total. The van der Waals surface area contributed by atoms with E-state index in [2.05, 4.69) is 30.2 Å². The Morgan fingerprint density at radius 2 is 2.00 bits per heavy atom. The van der Waals surface area contributed by atoms with Crippen LogP contribution in [0, 0.1) is 19.7 Å². The van der Waals surface area contributed by atoms with Crippen LogP contribution in [0.5, 0.6) is 0 Å². The molecule has 0 spiro atoms. The van der Waals surface area contributed by atoms with Crippen molar-refractivity contribution in [2.24, 2.45) is 7.05 Å². The van der Waals surface area contributed by atoms with Gasteiger partial charge in [0.15, 0.2) is 0 Å². The number of aryl methyl sites for hydroxylation is 2. The molecule has 0 saturated heterocycles. The van der Waals surface area contributed by atoms with Gasteiger partial charge in [-0.2, -0.15) is 4.98 Å². The van der Waals surface area contributed by atoms with Crippen molar-refractivity contribution in [3.05, 3.63) is 54.5 Å². The summed E-state index contributed by atoms with van der Waals surface area (Å²) < 4.78 is 1.96. The van der Waals surface area contributed by atoms with Crippen LogP contribution in [-0.4, -0.2) is 13.4 Å². The molecule has 0 aliphatic carbocycles. The molecule has 0 amide bonds. The first kappa shape index (κ1) is 17.2. The average Bonchev–Trinajstić information content (AvgIpc) is 2.30. The summed E-state index contributed by atoms with van der Waals surface area (Å²) in [6.45, 7) is 7.68. The first-order chi connectivity index (χ1) is 7.74. The van der Waals surface area contributed by atoms with Gasteiger partial charge in [0.1, 0.15) is 0 Å². The van der Waals surface area contributed by atoms with E-state index in [9.17, 15) is 0 Å². The minimum atomic E-state index is 0. The van der Waals surface area contributed by atoms with Gasteiger partial charge in [-0.15, -0.1) is 0 Å². The molecule has 1 aromatic heterocycles. The molecule has 0 N–H and O–H groups in total. The molecule has 1 heterocycles. The summed E-state index contributed by atoms with van der Waals surface area (Å²) in [5.41, 5.74) is 4.22. The SMILES string of the molecule is [B].[CH-]=Cc1[c-]nc[n+](C)c1-c1ccccc1C.[Y]. The minimum Gasteiger partial charge on any atom is -0.344 e. The normalized spacial score (nSPS) is 9.00. The number of rotatable bonds is 2. The summed E-state index contributed by atoms with van der Waals surface area (Å²) in [5, 5.41) is 0. The molecule has 0 fully saturated rings. The largest absolute Gasteiger partial charge is 0.344 e. The molecular formula is C14H13BN2Y-. The van der Waals surface area contributed by atoms with Crippen molar-refractivity contribution in [2.45, 2.75) is 6.92 Å². The van der Waals surface area contributed by atoms with E-state index in [1.54, 1.807) is 6.33 Å². The van der Waals surface area contributed by atoms with Crippen LogP contribution in [0.3, 0.4) is 0 Å². The molecule has 0 unspecified atom stereocenters. The smallest absolute Gasteiger partial charge is 0.202 e. The van der Waals surface area contributed by atoms with Crippen molar-refractivity contribution in [1.82, 2.24) is 4.98 Å². The molecule has 0 saturated carbocycles. The predicted octanol–water partition coefficient (Wildman–Crippen LogP) is 1.74. The van der Waals surface area contributed by atoms with E-state index in [-0.39, 0.29) is 41.1 Å². The van der Waals surface area contributed by atoms with Gasteiger partial charge in [0.25, 0.3) is 0 Å². The maximum atomic E-state index is 5.60. The van der Waals surface area contributed by atoms with E-state index < -0.39 is 0 Å². The van der Waals surface area contributed by atoms with Gasteiger partial charge >= 0.3 is 0 Å². The van der Waals surface area contributed by atoms with Crippen molar-refractivity contribution in [2.75, 3.05) is 0 Å². The van der Waals surface area contributed by atoms with Gasteiger partial charge in [0, 0.05) is 47.3 Å². The second-order valence-electron chi connectivity index (χ2n) is 3.71. The third-order valence-corrected chi connectivity index (χ3v) is 2.59. The van der Waals surface area contributed by atoms with Crippen molar-refractivity contribution >= 4 is 14.5 Å². The van der Waals surface area contributed by atoms with Crippen molar-refractivity contribution < 1.29 is 37.3 Å². The Morgan fingerprint density at radius 1 is 1.33 bits per heavy atom. The standard InChI is InChI=1S/C14H13N2.B.Y/c1-4-12-9-15-10-16(3)14(12)13-8-6-5-7-11(13)2;;/h1,4-8,10H,2-3H3;;/q-1;;. The summed E-state index contributed by atoms with van der Waals surface area (Å²) in [4.78, 5) is 4.00. The number of aromatic nitrogens is 2. The van der Waals surface area contributed by atoms with Gasteiger partial charge in [0.05, 0.1) is 7.05 Å². The number of hydrogen-bond acceptors (Lipinski definition) is 1. The first-order valence-electron chi connectivity index (χ1n) is 5.11. The third kappa shape index (κ3) is 3.36. The maximum absolute atomic E-state index is 5.60. The van der Waals surface area contributed by atoms with Gasteiger partial charge in [-0.05, 0) is 18.2 Å². The summed E-state index contributed by atoms with van der Waals surface area (Å²) in [6.07, 6.45) is 6.17. The molecule has 4 heteroatoms. The Balaban J connectivity index is 0.00000144. The van der Waals surface area contributed by atoms with Gasteiger partial charge in [-0.3, -0.25) is 0 Å². The third-order valence-electron chi connectivity index (χ3n) is 2.59. The number of nitrogens with zero attached hydrogens (tertiary/aromatic N) is 2. The van der Waals surface area contributed by atoms with Crippen LogP contribution in [0.4, 0.5) is 0 Å². The van der Waals surface area contributed by atoms with E-state index in [0.29, 0.717) is 0 Å². The molecule has 0 aliphatic rings. The fourth-order valence-electron chi connectivity index (χ4n) is 1.78. The summed E-state index contributed by atoms with van der Waals surface area (Å²) in [6, 6.07) is 8.19. The van der Waals surface area contributed by atoms with E-state index >= 15 is 0 Å². The van der Waals surface area contributed by atoms with E-state index in [1.165, 1.54) is 11.6 Å². The maximum Gasteiger partial charge on any atom is 0.202 e. The Hall–Kier alpha value is -0.791. The van der Waals surface area contributed by atoms with Crippen LogP contribution in [0.1, 0.15) is 11.1 Å². The van der Waals surface area contributed by atoms with Crippen molar-refractivity contribution in [3.8, 4) is 11.3 Å². The van der Waals surface area contributed by atoms with E-state index in [4.69, 9.17) is 6.58 Å². The minimum absolute atomic E-state index is 0. The van der Waals surface area contributed by atoms with Gasteiger partial charge in [0.2, 0.25) is 6.33 Å². The Morgan fingerprint density at radius 3 is 2.61 bits per heavy atom. The molecule has 4 radical (unpaired) electrons. The van der Waals surface area contributed by atoms with Crippen LogP contribution < -0.4 is 4.57 Å². The van der Waals surface area contributed by atoms with Crippen LogP contribution in [0.15, 0.2) is 30.6 Å². The molecule has 2 rings (SSSR count). The summed E-state index contributed by atoms with van der Waals surface area (Å²) >= 11 is 0. The Kier molecular flexibility index (Phi) is 7.27. The molecule has 0 atom stereocenters. The Bertz CT molecular complexity index is 541.